The Balaban J connectivity index is 2.28. The van der Waals surface area contributed by atoms with Crippen LogP contribution in [0.25, 0.3) is 16.8 Å². The second-order valence-corrected chi connectivity index (χ2v) is 4.77. The van der Waals surface area contributed by atoms with Crippen LogP contribution < -0.4 is 5.32 Å². The summed E-state index contributed by atoms with van der Waals surface area (Å²) in [5.74, 6) is 0. The second kappa shape index (κ2) is 5.83. The first kappa shape index (κ1) is 12.8. The van der Waals surface area contributed by atoms with Gasteiger partial charge >= 0.3 is 0 Å². The number of nitrogens with one attached hydrogen (secondary N) is 1. The summed E-state index contributed by atoms with van der Waals surface area (Å²) >= 11 is 0. The highest BCUT2D eigenvalue weighted by molar-refractivity contribution is 5.84. The van der Waals surface area contributed by atoms with Crippen molar-refractivity contribution < 1.29 is 0 Å². The molecule has 0 saturated carbocycles. The summed E-state index contributed by atoms with van der Waals surface area (Å²) in [5.41, 5.74) is 2.64. The lowest BCUT2D eigenvalue weighted by molar-refractivity contribution is 0.636. The fourth-order valence-electron chi connectivity index (χ4n) is 2.15. The maximum absolute atomic E-state index is 3.43. The van der Waals surface area contributed by atoms with Gasteiger partial charge < -0.3 is 5.32 Å². The number of hydrogen-bond acceptors (Lipinski definition) is 1. The Labute approximate surface area is 110 Å². The van der Waals surface area contributed by atoms with Crippen molar-refractivity contribution in [3.63, 3.8) is 0 Å². The van der Waals surface area contributed by atoms with Crippen molar-refractivity contribution in [3.05, 3.63) is 53.6 Å². The molecule has 0 amide bonds. The van der Waals surface area contributed by atoms with Gasteiger partial charge in [0.25, 0.3) is 0 Å². The molecule has 1 heteroatoms. The van der Waals surface area contributed by atoms with Crippen molar-refractivity contribution in [1.29, 1.82) is 0 Å². The average molecular weight is 239 g/mol. The highest BCUT2D eigenvalue weighted by Crippen LogP contribution is 2.18. The van der Waals surface area contributed by atoms with E-state index in [9.17, 15) is 0 Å². The predicted octanol–water partition coefficient (Wildman–Crippen LogP) is 4.24. The molecule has 0 aliphatic carbocycles. The Bertz CT molecular complexity index is 554. The zero-order chi connectivity index (χ0) is 13.0. The van der Waals surface area contributed by atoms with Crippen LogP contribution in [0.5, 0.6) is 0 Å². The molecule has 0 spiro atoms. The lowest BCUT2D eigenvalue weighted by Crippen LogP contribution is -2.26. The van der Waals surface area contributed by atoms with Gasteiger partial charge in [0, 0.05) is 6.04 Å². The summed E-state index contributed by atoms with van der Waals surface area (Å²) in [7, 11) is 0. The molecule has 1 atom stereocenters. The third-order valence-electron chi connectivity index (χ3n) is 3.36. The van der Waals surface area contributed by atoms with Crippen LogP contribution in [-0.4, -0.2) is 12.6 Å². The largest absolute Gasteiger partial charge is 0.311 e. The monoisotopic (exact) mass is 239 g/mol. The lowest BCUT2D eigenvalue weighted by Gasteiger charge is -2.13. The number of hydrogen-bond donors (Lipinski definition) is 1. The van der Waals surface area contributed by atoms with Crippen molar-refractivity contribution in [3.8, 4) is 0 Å². The summed E-state index contributed by atoms with van der Waals surface area (Å²) in [4.78, 5) is 0. The maximum Gasteiger partial charge on any atom is 0.0251 e. The van der Waals surface area contributed by atoms with Crippen LogP contribution in [0.3, 0.4) is 0 Å². The van der Waals surface area contributed by atoms with Crippen molar-refractivity contribution >= 4 is 16.8 Å². The predicted molar refractivity (Wildman–Crippen MR) is 80.7 cm³/mol. The Morgan fingerprint density at radius 3 is 2.61 bits per heavy atom. The molecule has 0 heterocycles. The third kappa shape index (κ3) is 2.99. The van der Waals surface area contributed by atoms with Gasteiger partial charge in [-0.05, 0) is 42.8 Å². The molecule has 1 unspecified atom stereocenters. The lowest BCUT2D eigenvalue weighted by atomic mass is 10.0. The molecule has 0 aliphatic heterocycles. The van der Waals surface area contributed by atoms with Crippen LogP contribution in [-0.2, 0) is 0 Å². The Morgan fingerprint density at radius 2 is 1.89 bits per heavy atom. The zero-order valence-electron chi connectivity index (χ0n) is 11.4. The molecule has 94 valence electrons. The van der Waals surface area contributed by atoms with Gasteiger partial charge in [0.05, 0.1) is 0 Å². The Morgan fingerprint density at radius 1 is 1.17 bits per heavy atom. The summed E-state index contributed by atoms with van der Waals surface area (Å²) in [6.07, 6.45) is 2.26. The number of fused-ring (bicyclic) bond motifs is 1. The van der Waals surface area contributed by atoms with Gasteiger partial charge in [0.1, 0.15) is 0 Å². The van der Waals surface area contributed by atoms with Crippen LogP contribution in [0.2, 0.25) is 0 Å². The van der Waals surface area contributed by atoms with E-state index in [4.69, 9.17) is 0 Å². The molecule has 0 aromatic heterocycles. The van der Waals surface area contributed by atoms with Crippen LogP contribution >= 0.6 is 0 Å². The molecular formula is C17H21N. The van der Waals surface area contributed by atoms with Gasteiger partial charge in [-0.15, -0.1) is 0 Å². The topological polar surface area (TPSA) is 12.0 Å². The summed E-state index contributed by atoms with van der Waals surface area (Å²) in [6.45, 7) is 7.53. The standard InChI is InChI=1S/C17H21N/c1-4-18-14(3)13(2)11-15-9-10-16-7-5-6-8-17(16)12-15/h5-12,14,18H,4H2,1-3H3/b13-11+. The SMILES string of the molecule is CCNC(C)/C(C)=C/c1ccc2ccccc2c1. The number of likely N-dealkylation sites (N-methyl/N-ethyl adjacent to an activating group) is 1. The normalized spacial score (nSPS) is 13.8. The first-order valence-corrected chi connectivity index (χ1v) is 6.61. The third-order valence-corrected chi connectivity index (χ3v) is 3.36. The highest BCUT2D eigenvalue weighted by Gasteiger charge is 2.02. The molecule has 18 heavy (non-hydrogen) atoms. The fraction of sp³-hybridized carbons (Fsp3) is 0.294. The molecule has 2 rings (SSSR count). The van der Waals surface area contributed by atoms with E-state index in [2.05, 4.69) is 74.6 Å². The second-order valence-electron chi connectivity index (χ2n) is 4.77. The minimum atomic E-state index is 0.432. The molecule has 0 radical (unpaired) electrons. The minimum Gasteiger partial charge on any atom is -0.311 e. The summed E-state index contributed by atoms with van der Waals surface area (Å²) in [6, 6.07) is 15.5. The van der Waals surface area contributed by atoms with Gasteiger partial charge in [-0.3, -0.25) is 0 Å². The Hall–Kier alpha value is -1.60. The van der Waals surface area contributed by atoms with Crippen LogP contribution in [0, 0.1) is 0 Å². The minimum absolute atomic E-state index is 0.432. The molecule has 0 bridgehead atoms. The van der Waals surface area contributed by atoms with E-state index in [0.29, 0.717) is 6.04 Å². The highest BCUT2D eigenvalue weighted by atomic mass is 14.9. The van der Waals surface area contributed by atoms with E-state index in [1.807, 2.05) is 0 Å². The van der Waals surface area contributed by atoms with Gasteiger partial charge in [-0.2, -0.15) is 0 Å². The van der Waals surface area contributed by atoms with Gasteiger partial charge in [0.2, 0.25) is 0 Å². The van der Waals surface area contributed by atoms with E-state index in [-0.39, 0.29) is 0 Å². The first-order chi connectivity index (χ1) is 8.70. The molecule has 2 aromatic carbocycles. The van der Waals surface area contributed by atoms with Crippen LogP contribution in [0.4, 0.5) is 0 Å². The quantitative estimate of drug-likeness (QED) is 0.841. The zero-order valence-corrected chi connectivity index (χ0v) is 11.4. The molecule has 1 N–H and O–H groups in total. The molecule has 2 aromatic rings. The summed E-state index contributed by atoms with van der Waals surface area (Å²) < 4.78 is 0. The fourth-order valence-corrected chi connectivity index (χ4v) is 2.15. The van der Waals surface area contributed by atoms with E-state index >= 15 is 0 Å². The van der Waals surface area contributed by atoms with Crippen molar-refractivity contribution in [1.82, 2.24) is 5.32 Å². The summed E-state index contributed by atoms with van der Waals surface area (Å²) in [5, 5.41) is 6.03. The maximum atomic E-state index is 3.43. The van der Waals surface area contributed by atoms with Crippen LogP contribution in [0.1, 0.15) is 26.3 Å². The number of benzene rings is 2. The van der Waals surface area contributed by atoms with Crippen molar-refractivity contribution in [2.45, 2.75) is 26.8 Å². The van der Waals surface area contributed by atoms with Crippen LogP contribution in [0.15, 0.2) is 48.0 Å². The smallest absolute Gasteiger partial charge is 0.0251 e. The van der Waals surface area contributed by atoms with E-state index in [0.717, 1.165) is 6.54 Å². The molecule has 0 fully saturated rings. The van der Waals surface area contributed by atoms with E-state index < -0.39 is 0 Å². The van der Waals surface area contributed by atoms with Crippen molar-refractivity contribution in [2.24, 2.45) is 0 Å². The molecular weight excluding hydrogens is 218 g/mol. The molecule has 0 saturated heterocycles. The van der Waals surface area contributed by atoms with Gasteiger partial charge in [-0.1, -0.05) is 55.0 Å². The molecule has 1 nitrogen and oxygen atoms in total. The van der Waals surface area contributed by atoms with E-state index in [1.54, 1.807) is 0 Å². The number of rotatable bonds is 4. The average Bonchev–Trinajstić information content (AvgIpc) is 2.39. The molecule has 0 aliphatic rings. The Kier molecular flexibility index (Phi) is 4.16. The van der Waals surface area contributed by atoms with Crippen molar-refractivity contribution in [2.75, 3.05) is 6.54 Å². The van der Waals surface area contributed by atoms with E-state index in [1.165, 1.54) is 21.9 Å². The van der Waals surface area contributed by atoms with Gasteiger partial charge in [0.15, 0.2) is 0 Å². The first-order valence-electron chi connectivity index (χ1n) is 6.61. The van der Waals surface area contributed by atoms with Gasteiger partial charge in [-0.25, -0.2) is 0 Å².